The van der Waals surface area contributed by atoms with Gasteiger partial charge in [-0.25, -0.2) is 8.42 Å². The zero-order valence-corrected chi connectivity index (χ0v) is 8.22. The molecule has 3 nitrogen and oxygen atoms in total. The zero-order chi connectivity index (χ0) is 9.84. The van der Waals surface area contributed by atoms with Gasteiger partial charge in [-0.1, -0.05) is 12.1 Å². The lowest BCUT2D eigenvalue weighted by atomic mass is 10.2. The molecule has 0 fully saturated rings. The van der Waals surface area contributed by atoms with Crippen molar-refractivity contribution in [3.05, 3.63) is 35.4 Å². The van der Waals surface area contributed by atoms with Crippen molar-refractivity contribution in [2.24, 2.45) is 0 Å². The Morgan fingerprint density at radius 3 is 2.15 bits per heavy atom. The van der Waals surface area contributed by atoms with Gasteiger partial charge in [0.05, 0.1) is 5.75 Å². The topological polar surface area (TPSA) is 51.2 Å². The maximum Gasteiger partial charge on any atom is 0.252 e. The van der Waals surface area contributed by atoms with Gasteiger partial charge in [-0.05, 0) is 29.3 Å². The number of carbonyl (C=O) groups excluding carboxylic acids is 1. The molecule has 0 heterocycles. The van der Waals surface area contributed by atoms with Crippen LogP contribution in [0, 0.1) is 0 Å². The predicted octanol–water partition coefficient (Wildman–Crippen LogP) is 1.18. The number of hydrogen-bond donors (Lipinski definition) is 1. The molecule has 1 rings (SSSR count). The Bertz CT molecular complexity index is 373. The Morgan fingerprint density at radius 1 is 1.23 bits per heavy atom. The fourth-order valence-electron chi connectivity index (χ4n) is 0.890. The van der Waals surface area contributed by atoms with E-state index in [2.05, 4.69) is 0 Å². The summed E-state index contributed by atoms with van der Waals surface area (Å²) >= 11 is 5.20. The third-order valence-corrected chi connectivity index (χ3v) is 2.33. The van der Waals surface area contributed by atoms with Gasteiger partial charge < -0.3 is 0 Å². The van der Waals surface area contributed by atoms with Crippen LogP contribution in [0.15, 0.2) is 24.3 Å². The van der Waals surface area contributed by atoms with Crippen LogP contribution < -0.4 is 0 Å². The molecule has 0 aliphatic rings. The summed E-state index contributed by atoms with van der Waals surface area (Å²) in [6.07, 6.45) is 0. The molecule has 0 amide bonds. The molecule has 0 N–H and O–H groups in total. The van der Waals surface area contributed by atoms with Crippen molar-refractivity contribution in [3.63, 3.8) is 0 Å². The summed E-state index contributed by atoms with van der Waals surface area (Å²) in [7, 11) is -2.42. The van der Waals surface area contributed by atoms with Crippen LogP contribution >= 0.6 is 11.6 Å². The van der Waals surface area contributed by atoms with Crippen LogP contribution in [-0.2, 0) is 16.5 Å². The maximum absolute atomic E-state index is 10.6. The van der Waals surface area contributed by atoms with Crippen LogP contribution in [0.3, 0.4) is 0 Å². The minimum absolute atomic E-state index is 0.00785. The van der Waals surface area contributed by atoms with Crippen molar-refractivity contribution in [2.45, 2.75) is 5.75 Å². The van der Waals surface area contributed by atoms with Gasteiger partial charge in [-0.15, -0.1) is 0 Å². The summed E-state index contributed by atoms with van der Waals surface area (Å²) in [6, 6.07) is 6.15. The molecule has 70 valence electrons. The number of benzene rings is 1. The monoisotopic (exact) mass is 218 g/mol. The van der Waals surface area contributed by atoms with Crippen molar-refractivity contribution >= 4 is 27.5 Å². The molecular formula is C8H7ClO3S. The molecule has 0 aliphatic carbocycles. The third-order valence-electron chi connectivity index (χ3n) is 1.49. The van der Waals surface area contributed by atoms with E-state index >= 15 is 0 Å². The molecule has 0 atom stereocenters. The van der Waals surface area contributed by atoms with E-state index in [1.54, 1.807) is 12.1 Å². The van der Waals surface area contributed by atoms with Gasteiger partial charge in [0.2, 0.25) is 0 Å². The second kappa shape index (κ2) is 4.39. The lowest BCUT2D eigenvalue weighted by Gasteiger charge is -1.95. The Morgan fingerprint density at radius 2 is 1.77 bits per heavy atom. The van der Waals surface area contributed by atoms with Crippen LogP contribution in [0.25, 0.3) is 0 Å². The van der Waals surface area contributed by atoms with Crippen molar-refractivity contribution < 1.29 is 13.2 Å². The van der Waals surface area contributed by atoms with E-state index in [0.29, 0.717) is 11.1 Å². The lowest BCUT2D eigenvalue weighted by Crippen LogP contribution is -1.90. The van der Waals surface area contributed by atoms with Gasteiger partial charge >= 0.3 is 0 Å². The first-order valence-corrected chi connectivity index (χ1v) is 5.24. The second-order valence-corrected chi connectivity index (χ2v) is 3.79. The fraction of sp³-hybridized carbons (Fsp3) is 0.125. The average molecular weight is 219 g/mol. The summed E-state index contributed by atoms with van der Waals surface area (Å²) in [5.41, 5.74) is 1.02. The largest absolute Gasteiger partial charge is 0.276 e. The third kappa shape index (κ3) is 3.16. The van der Waals surface area contributed by atoms with Crippen LogP contribution in [0.5, 0.6) is 0 Å². The molecule has 0 aromatic heterocycles. The van der Waals surface area contributed by atoms with Crippen LogP contribution in [0.2, 0.25) is 0 Å². The van der Waals surface area contributed by atoms with Crippen LogP contribution in [0.1, 0.15) is 15.9 Å². The molecule has 0 unspecified atom stereocenters. The van der Waals surface area contributed by atoms with Crippen LogP contribution in [0.4, 0.5) is 0 Å². The van der Waals surface area contributed by atoms with Gasteiger partial charge in [0.25, 0.3) is 5.24 Å². The lowest BCUT2D eigenvalue weighted by molar-refractivity contribution is 0.108. The number of carbonyl (C=O) groups is 1. The first-order chi connectivity index (χ1) is 6.09. The minimum atomic E-state index is -2.42. The Balaban J connectivity index is 2.87. The van der Waals surface area contributed by atoms with Gasteiger partial charge in [-0.3, -0.25) is 4.79 Å². The van der Waals surface area contributed by atoms with Gasteiger partial charge in [0.15, 0.2) is 0 Å². The molecule has 1 aromatic carbocycles. The minimum Gasteiger partial charge on any atom is -0.276 e. The highest BCUT2D eigenvalue weighted by Gasteiger charge is 2.00. The number of rotatable bonds is 3. The van der Waals surface area contributed by atoms with Crippen LogP contribution in [-0.4, -0.2) is 13.7 Å². The quantitative estimate of drug-likeness (QED) is 0.612. The molecule has 0 radical (unpaired) electrons. The van der Waals surface area contributed by atoms with E-state index in [1.165, 1.54) is 12.1 Å². The summed E-state index contributed by atoms with van der Waals surface area (Å²) < 4.78 is 20.7. The molecule has 0 saturated heterocycles. The SMILES string of the molecule is O=C(Cl)c1ccc(C[SH](=O)=O)cc1. The Kier molecular flexibility index (Phi) is 3.45. The molecule has 5 heteroatoms. The normalized spacial score (nSPS) is 10.3. The second-order valence-electron chi connectivity index (χ2n) is 2.46. The van der Waals surface area contributed by atoms with E-state index in [-0.39, 0.29) is 5.75 Å². The summed E-state index contributed by atoms with van der Waals surface area (Å²) in [5, 5.41) is -0.543. The maximum atomic E-state index is 10.6. The molecule has 0 aliphatic heterocycles. The molecule has 0 spiro atoms. The number of thiol groups is 1. The summed E-state index contributed by atoms with van der Waals surface area (Å²) in [4.78, 5) is 10.6. The average Bonchev–Trinajstić information content (AvgIpc) is 2.04. The highest BCUT2D eigenvalue weighted by atomic mass is 35.5. The summed E-state index contributed by atoms with van der Waals surface area (Å²) in [5.74, 6) is -0.00785. The van der Waals surface area contributed by atoms with E-state index in [0.717, 1.165) is 0 Å². The highest BCUT2D eigenvalue weighted by molar-refractivity contribution is 7.71. The van der Waals surface area contributed by atoms with Crippen molar-refractivity contribution in [1.29, 1.82) is 0 Å². The van der Waals surface area contributed by atoms with Crippen molar-refractivity contribution in [3.8, 4) is 0 Å². The standard InChI is InChI=1S/C8H7ClO3S/c9-8(10)7-3-1-6(2-4-7)5-13(11)12/h1-4,13H,5H2. The molecular weight excluding hydrogens is 212 g/mol. The van der Waals surface area contributed by atoms with Crippen molar-refractivity contribution in [1.82, 2.24) is 0 Å². The molecule has 0 bridgehead atoms. The van der Waals surface area contributed by atoms with E-state index in [1.807, 2.05) is 0 Å². The van der Waals surface area contributed by atoms with Gasteiger partial charge in [0, 0.05) is 5.56 Å². The summed E-state index contributed by atoms with van der Waals surface area (Å²) in [6.45, 7) is 0. The highest BCUT2D eigenvalue weighted by Crippen LogP contribution is 2.07. The fourth-order valence-corrected chi connectivity index (χ4v) is 1.53. The van der Waals surface area contributed by atoms with Gasteiger partial charge in [-0.2, -0.15) is 0 Å². The zero-order valence-electron chi connectivity index (χ0n) is 6.57. The van der Waals surface area contributed by atoms with E-state index < -0.39 is 15.9 Å². The molecule has 1 aromatic rings. The number of halogens is 1. The number of hydrogen-bond acceptors (Lipinski definition) is 3. The smallest absolute Gasteiger partial charge is 0.252 e. The van der Waals surface area contributed by atoms with Gasteiger partial charge in [0.1, 0.15) is 10.7 Å². The van der Waals surface area contributed by atoms with Crippen molar-refractivity contribution in [2.75, 3.05) is 0 Å². The molecule has 0 saturated carbocycles. The molecule has 13 heavy (non-hydrogen) atoms. The Labute approximate surface area is 82.3 Å². The van der Waals surface area contributed by atoms with E-state index in [9.17, 15) is 13.2 Å². The predicted molar refractivity (Wildman–Crippen MR) is 50.6 cm³/mol. The first-order valence-electron chi connectivity index (χ1n) is 3.50. The van der Waals surface area contributed by atoms with E-state index in [4.69, 9.17) is 11.6 Å². The first kappa shape index (κ1) is 10.2. The Hall–Kier alpha value is -0.870.